The molecule has 43 heavy (non-hydrogen) atoms. The van der Waals surface area contributed by atoms with E-state index in [0.717, 1.165) is 38.5 Å². The molecular formula is C29H47F2N5O5S2. The minimum atomic E-state index is -3.27. The second-order valence-corrected chi connectivity index (χ2v) is 16.3. The summed E-state index contributed by atoms with van der Waals surface area (Å²) in [5.74, 6) is -1.08. The van der Waals surface area contributed by atoms with Gasteiger partial charge in [-0.3, -0.25) is 9.69 Å². The number of carbonyl (C=O) groups is 1. The van der Waals surface area contributed by atoms with Crippen molar-refractivity contribution in [3.8, 4) is 0 Å². The zero-order valence-electron chi connectivity index (χ0n) is 25.6. The molecule has 4 rings (SSSR count). The summed E-state index contributed by atoms with van der Waals surface area (Å²) >= 11 is 0. The van der Waals surface area contributed by atoms with Crippen molar-refractivity contribution in [3.05, 3.63) is 35.4 Å². The van der Waals surface area contributed by atoms with Crippen LogP contribution in [0.5, 0.6) is 0 Å². The van der Waals surface area contributed by atoms with Crippen LogP contribution in [0.4, 0.5) is 8.78 Å². The zero-order chi connectivity index (χ0) is 31.4. The fraction of sp³-hybridized carbons (Fsp3) is 0.759. The van der Waals surface area contributed by atoms with Gasteiger partial charge in [0, 0.05) is 71.0 Å². The van der Waals surface area contributed by atoms with Gasteiger partial charge in [-0.25, -0.2) is 29.9 Å². The van der Waals surface area contributed by atoms with Gasteiger partial charge in [0.2, 0.25) is 26.0 Å². The van der Waals surface area contributed by atoms with Crippen LogP contribution in [0.1, 0.15) is 50.5 Å². The molecule has 0 saturated carbocycles. The maximum absolute atomic E-state index is 14.2. The van der Waals surface area contributed by atoms with Crippen molar-refractivity contribution in [3.63, 3.8) is 0 Å². The van der Waals surface area contributed by atoms with Crippen LogP contribution in [0.3, 0.4) is 0 Å². The van der Waals surface area contributed by atoms with E-state index in [0.29, 0.717) is 70.6 Å². The number of likely N-dealkylation sites (tertiary alicyclic amines) is 1. The molecule has 1 unspecified atom stereocenters. The fourth-order valence-electron chi connectivity index (χ4n) is 6.99. The Labute approximate surface area is 256 Å². The average Bonchev–Trinajstić information content (AvgIpc) is 2.93. The number of hydrogen-bond acceptors (Lipinski definition) is 7. The molecule has 0 bridgehead atoms. The summed E-state index contributed by atoms with van der Waals surface area (Å²) in [7, 11) is -6.48. The van der Waals surface area contributed by atoms with Crippen molar-refractivity contribution >= 4 is 26.0 Å². The monoisotopic (exact) mass is 647 g/mol. The quantitative estimate of drug-likeness (QED) is 0.362. The fourth-order valence-corrected chi connectivity index (χ4v) is 8.69. The van der Waals surface area contributed by atoms with E-state index < -0.39 is 31.7 Å². The van der Waals surface area contributed by atoms with Crippen molar-refractivity contribution in [1.29, 1.82) is 0 Å². The van der Waals surface area contributed by atoms with Crippen molar-refractivity contribution in [1.82, 2.24) is 23.3 Å². The van der Waals surface area contributed by atoms with Crippen LogP contribution in [0, 0.1) is 17.6 Å². The third-order valence-corrected chi connectivity index (χ3v) is 12.0. The van der Waals surface area contributed by atoms with Crippen molar-refractivity contribution in [2.24, 2.45) is 5.92 Å². The van der Waals surface area contributed by atoms with Gasteiger partial charge in [0.1, 0.15) is 11.6 Å². The zero-order valence-corrected chi connectivity index (χ0v) is 27.3. The van der Waals surface area contributed by atoms with E-state index in [-0.39, 0.29) is 30.3 Å². The summed E-state index contributed by atoms with van der Waals surface area (Å²) in [5.41, 5.74) is 0.630. The Balaban J connectivity index is 1.30. The predicted octanol–water partition coefficient (Wildman–Crippen LogP) is 2.00. The Hall–Kier alpha value is -1.71. The molecule has 3 fully saturated rings. The van der Waals surface area contributed by atoms with Gasteiger partial charge in [0.15, 0.2) is 0 Å². The van der Waals surface area contributed by atoms with Gasteiger partial charge in [-0.1, -0.05) is 0 Å². The van der Waals surface area contributed by atoms with Crippen LogP contribution < -0.4 is 0 Å². The molecule has 3 heterocycles. The van der Waals surface area contributed by atoms with Gasteiger partial charge in [-0.15, -0.1) is 0 Å². The molecule has 1 atom stereocenters. The highest BCUT2D eigenvalue weighted by Gasteiger charge is 2.33. The first-order valence-corrected chi connectivity index (χ1v) is 19.0. The summed E-state index contributed by atoms with van der Waals surface area (Å²) in [6.45, 7) is 7.99. The number of sulfonamides is 2. The molecule has 1 aromatic carbocycles. The molecular weight excluding hydrogens is 600 g/mol. The molecule has 0 aromatic heterocycles. The van der Waals surface area contributed by atoms with Gasteiger partial charge >= 0.3 is 0 Å². The van der Waals surface area contributed by atoms with E-state index in [2.05, 4.69) is 4.90 Å². The Morgan fingerprint density at radius 2 is 1.35 bits per heavy atom. The van der Waals surface area contributed by atoms with E-state index in [9.17, 15) is 30.4 Å². The smallest absolute Gasteiger partial charge is 0.236 e. The number of carbonyl (C=O) groups excluding carboxylic acids is 1. The average molecular weight is 648 g/mol. The van der Waals surface area contributed by atoms with Crippen LogP contribution in [-0.4, -0.2) is 137 Å². The molecule has 0 radical (unpaired) electrons. The second kappa shape index (κ2) is 14.6. The molecule has 3 aliphatic heterocycles. The lowest BCUT2D eigenvalue weighted by Gasteiger charge is -2.40. The molecule has 0 N–H and O–H groups in total. The summed E-state index contributed by atoms with van der Waals surface area (Å²) in [5, 5.41) is 0. The normalized spacial score (nSPS) is 22.1. The molecule has 1 amide bonds. The molecule has 0 aliphatic carbocycles. The molecule has 1 aromatic rings. The first-order chi connectivity index (χ1) is 20.2. The van der Waals surface area contributed by atoms with Crippen LogP contribution >= 0.6 is 0 Å². The maximum Gasteiger partial charge on any atom is 0.236 e. The number of likely N-dealkylation sites (N-methyl/N-ethyl adjacent to an activating group) is 1. The number of piperidine rings is 2. The molecule has 0 spiro atoms. The van der Waals surface area contributed by atoms with Gasteiger partial charge in [-0.2, -0.15) is 4.31 Å². The summed E-state index contributed by atoms with van der Waals surface area (Å²) in [4.78, 5) is 19.6. The van der Waals surface area contributed by atoms with Crippen LogP contribution in [0.15, 0.2) is 18.2 Å². The van der Waals surface area contributed by atoms with E-state index in [1.807, 2.05) is 16.7 Å². The Morgan fingerprint density at radius 1 is 0.814 bits per heavy atom. The first-order valence-electron chi connectivity index (χ1n) is 15.3. The van der Waals surface area contributed by atoms with Crippen molar-refractivity contribution < 1.29 is 30.4 Å². The summed E-state index contributed by atoms with van der Waals surface area (Å²) < 4.78 is 78.9. The lowest BCUT2D eigenvalue weighted by atomic mass is 9.78. The molecule has 3 saturated heterocycles. The topological polar surface area (TPSA) is 102 Å². The number of amides is 1. The van der Waals surface area contributed by atoms with E-state index >= 15 is 0 Å². The Morgan fingerprint density at radius 3 is 1.86 bits per heavy atom. The highest BCUT2D eigenvalue weighted by molar-refractivity contribution is 7.88. The summed E-state index contributed by atoms with van der Waals surface area (Å²) in [6, 6.07) is 3.84. The molecule has 3 aliphatic rings. The molecule has 10 nitrogen and oxygen atoms in total. The van der Waals surface area contributed by atoms with E-state index in [1.54, 1.807) is 0 Å². The van der Waals surface area contributed by atoms with E-state index in [4.69, 9.17) is 0 Å². The second-order valence-electron chi connectivity index (χ2n) is 12.3. The third-order valence-electron chi connectivity index (χ3n) is 9.42. The highest BCUT2D eigenvalue weighted by Crippen LogP contribution is 2.37. The van der Waals surface area contributed by atoms with Crippen LogP contribution in [-0.2, 0) is 24.8 Å². The van der Waals surface area contributed by atoms with Crippen molar-refractivity contribution in [2.75, 3.05) is 84.5 Å². The lowest BCUT2D eigenvalue weighted by Crippen LogP contribution is -2.53. The number of halogens is 2. The maximum atomic E-state index is 14.2. The third kappa shape index (κ3) is 9.40. The van der Waals surface area contributed by atoms with Gasteiger partial charge < -0.3 is 9.80 Å². The van der Waals surface area contributed by atoms with Gasteiger partial charge in [0.05, 0.1) is 19.1 Å². The molecule has 244 valence electrons. The van der Waals surface area contributed by atoms with Crippen molar-refractivity contribution in [2.45, 2.75) is 51.0 Å². The first kappa shape index (κ1) is 34.2. The standard InChI is InChI=1S/C29H47F2N5O5S2/c1-4-36(29(37)22-33-15-17-35(18-16-33)43(3,40)41)27-7-10-32(11-8-27)12-9-28(24-19-25(30)21-26(31)20-24)23-5-13-34(14-6-23)42(2,38)39/h19-21,23,27-28H,4-18,22H2,1-3H3. The van der Waals surface area contributed by atoms with Crippen LogP contribution in [0.2, 0.25) is 0 Å². The molecule has 14 heteroatoms. The Kier molecular flexibility index (Phi) is 11.6. The minimum absolute atomic E-state index is 0.0717. The van der Waals surface area contributed by atoms with E-state index in [1.165, 1.54) is 33.3 Å². The number of benzene rings is 1. The lowest BCUT2D eigenvalue weighted by molar-refractivity contribution is -0.135. The number of nitrogens with zero attached hydrogens (tertiary/aromatic N) is 5. The number of piperazine rings is 1. The SMILES string of the molecule is CCN(C(=O)CN1CCN(S(C)(=O)=O)CC1)C1CCN(CCC(c2cc(F)cc(F)c2)C2CCN(S(C)(=O)=O)CC2)CC1. The largest absolute Gasteiger partial charge is 0.339 e. The minimum Gasteiger partial charge on any atom is -0.339 e. The van der Waals surface area contributed by atoms with Gasteiger partial charge in [-0.05, 0) is 75.1 Å². The van der Waals surface area contributed by atoms with Gasteiger partial charge in [0.25, 0.3) is 0 Å². The number of hydrogen-bond donors (Lipinski definition) is 0. The Bertz CT molecular complexity index is 1290. The van der Waals surface area contributed by atoms with Crippen LogP contribution in [0.25, 0.3) is 0 Å². The predicted molar refractivity (Wildman–Crippen MR) is 163 cm³/mol. The summed E-state index contributed by atoms with van der Waals surface area (Å²) in [6.07, 6.45) is 6.12. The number of rotatable bonds is 11. The highest BCUT2D eigenvalue weighted by atomic mass is 32.2.